The summed E-state index contributed by atoms with van der Waals surface area (Å²) in [7, 11) is 0. The summed E-state index contributed by atoms with van der Waals surface area (Å²) in [5.41, 5.74) is 1.75. The SMILES string of the molecule is CCOc1ccc(NC(=O)CN2CCc3nc(NC(=O)C4CCCO4)sc3C2)cc1. The number of thiazole rings is 1. The van der Waals surface area contributed by atoms with E-state index in [-0.39, 0.29) is 17.9 Å². The second-order valence-electron chi connectivity index (χ2n) is 7.35. The average Bonchev–Trinajstić information content (AvgIpc) is 3.39. The molecule has 9 heteroatoms. The maximum absolute atomic E-state index is 12.4. The van der Waals surface area contributed by atoms with E-state index in [0.29, 0.717) is 31.4 Å². The number of fused-ring (bicyclic) bond motifs is 1. The van der Waals surface area contributed by atoms with Crippen LogP contribution in [0.4, 0.5) is 10.8 Å². The van der Waals surface area contributed by atoms with Gasteiger partial charge in [-0.1, -0.05) is 0 Å². The lowest BCUT2D eigenvalue weighted by Gasteiger charge is -2.25. The highest BCUT2D eigenvalue weighted by Gasteiger charge is 2.26. The Bertz CT molecular complexity index is 893. The number of anilines is 2. The zero-order chi connectivity index (χ0) is 20.9. The normalized spacial score (nSPS) is 18.6. The number of benzene rings is 1. The first kappa shape index (κ1) is 20.8. The van der Waals surface area contributed by atoms with Crippen LogP contribution < -0.4 is 15.4 Å². The summed E-state index contributed by atoms with van der Waals surface area (Å²) >= 11 is 1.48. The summed E-state index contributed by atoms with van der Waals surface area (Å²) in [4.78, 5) is 32.4. The van der Waals surface area contributed by atoms with Crippen molar-refractivity contribution in [2.75, 3.05) is 36.9 Å². The van der Waals surface area contributed by atoms with Gasteiger partial charge in [0.1, 0.15) is 11.9 Å². The number of nitrogens with zero attached hydrogens (tertiary/aromatic N) is 2. The number of hydrogen-bond donors (Lipinski definition) is 2. The number of carbonyl (C=O) groups is 2. The Labute approximate surface area is 179 Å². The van der Waals surface area contributed by atoms with Crippen molar-refractivity contribution in [2.45, 2.75) is 38.8 Å². The van der Waals surface area contributed by atoms with Crippen LogP contribution in [0.15, 0.2) is 24.3 Å². The lowest BCUT2D eigenvalue weighted by atomic mass is 10.2. The van der Waals surface area contributed by atoms with E-state index in [2.05, 4.69) is 20.5 Å². The minimum Gasteiger partial charge on any atom is -0.494 e. The summed E-state index contributed by atoms with van der Waals surface area (Å²) in [6.07, 6.45) is 2.07. The molecule has 0 radical (unpaired) electrons. The Morgan fingerprint density at radius 1 is 1.30 bits per heavy atom. The van der Waals surface area contributed by atoms with Crippen LogP contribution in [-0.4, -0.2) is 54.1 Å². The predicted octanol–water partition coefficient (Wildman–Crippen LogP) is 2.66. The summed E-state index contributed by atoms with van der Waals surface area (Å²) in [6, 6.07) is 7.36. The third kappa shape index (κ3) is 5.16. The second-order valence-corrected chi connectivity index (χ2v) is 8.43. The minimum absolute atomic E-state index is 0.0565. The highest BCUT2D eigenvalue weighted by molar-refractivity contribution is 7.15. The molecule has 160 valence electrons. The van der Waals surface area contributed by atoms with Gasteiger partial charge in [-0.2, -0.15) is 0 Å². The number of ether oxygens (including phenoxy) is 2. The van der Waals surface area contributed by atoms with E-state index in [1.807, 2.05) is 31.2 Å². The number of nitrogens with one attached hydrogen (secondary N) is 2. The molecule has 8 nitrogen and oxygen atoms in total. The quantitative estimate of drug-likeness (QED) is 0.702. The molecule has 0 spiro atoms. The lowest BCUT2D eigenvalue weighted by Crippen LogP contribution is -2.36. The van der Waals surface area contributed by atoms with E-state index < -0.39 is 0 Å². The predicted molar refractivity (Wildman–Crippen MR) is 115 cm³/mol. The molecule has 2 aliphatic rings. The molecule has 3 heterocycles. The largest absolute Gasteiger partial charge is 0.494 e. The standard InChI is InChI=1S/C21H26N4O4S/c1-2-28-15-7-5-14(6-8-15)22-19(26)13-25-10-9-16-18(12-25)30-21(23-16)24-20(27)17-4-3-11-29-17/h5-8,17H,2-4,9-13H2,1H3,(H,22,26)(H,23,24,27). The van der Waals surface area contributed by atoms with E-state index in [1.165, 1.54) is 11.3 Å². The molecule has 0 saturated carbocycles. The van der Waals surface area contributed by atoms with Gasteiger partial charge in [0.2, 0.25) is 5.91 Å². The van der Waals surface area contributed by atoms with Crippen molar-refractivity contribution in [3.63, 3.8) is 0 Å². The van der Waals surface area contributed by atoms with Gasteiger partial charge in [-0.15, -0.1) is 11.3 Å². The van der Waals surface area contributed by atoms with Crippen LogP contribution in [0.3, 0.4) is 0 Å². The molecule has 30 heavy (non-hydrogen) atoms. The lowest BCUT2D eigenvalue weighted by molar-refractivity contribution is -0.124. The van der Waals surface area contributed by atoms with Gasteiger partial charge in [0.25, 0.3) is 5.91 Å². The maximum atomic E-state index is 12.4. The highest BCUT2D eigenvalue weighted by Crippen LogP contribution is 2.29. The van der Waals surface area contributed by atoms with E-state index in [0.717, 1.165) is 47.8 Å². The summed E-state index contributed by atoms with van der Waals surface area (Å²) in [5, 5.41) is 6.42. The van der Waals surface area contributed by atoms with Crippen molar-refractivity contribution in [3.8, 4) is 5.75 Å². The minimum atomic E-state index is -0.367. The van der Waals surface area contributed by atoms with Gasteiger partial charge in [-0.3, -0.25) is 19.8 Å². The number of aromatic nitrogens is 1. The molecule has 4 rings (SSSR count). The topological polar surface area (TPSA) is 92.8 Å². The first-order valence-corrected chi connectivity index (χ1v) is 11.1. The van der Waals surface area contributed by atoms with E-state index in [4.69, 9.17) is 9.47 Å². The molecule has 0 aliphatic carbocycles. The summed E-state index contributed by atoms with van der Waals surface area (Å²) in [6.45, 7) is 4.90. The van der Waals surface area contributed by atoms with E-state index in [1.54, 1.807) is 0 Å². The molecule has 1 aromatic carbocycles. The van der Waals surface area contributed by atoms with Crippen molar-refractivity contribution < 1.29 is 19.1 Å². The molecule has 2 amide bonds. The van der Waals surface area contributed by atoms with Crippen molar-refractivity contribution in [1.29, 1.82) is 0 Å². The Kier molecular flexibility index (Phi) is 6.61. The third-order valence-corrected chi connectivity index (χ3v) is 6.08. The average molecular weight is 431 g/mol. The van der Waals surface area contributed by atoms with Gasteiger partial charge in [0, 0.05) is 36.7 Å². The fraction of sp³-hybridized carbons (Fsp3) is 0.476. The molecular weight excluding hydrogens is 404 g/mol. The van der Waals surface area contributed by atoms with Crippen LogP contribution >= 0.6 is 11.3 Å². The van der Waals surface area contributed by atoms with Crippen molar-refractivity contribution in [2.24, 2.45) is 0 Å². The van der Waals surface area contributed by atoms with Gasteiger partial charge >= 0.3 is 0 Å². The van der Waals surface area contributed by atoms with Gasteiger partial charge in [-0.25, -0.2) is 4.98 Å². The second kappa shape index (κ2) is 9.55. The molecule has 1 fully saturated rings. The zero-order valence-corrected chi connectivity index (χ0v) is 17.8. The summed E-state index contributed by atoms with van der Waals surface area (Å²) in [5.74, 6) is 0.607. The van der Waals surface area contributed by atoms with Crippen LogP contribution in [0, 0.1) is 0 Å². The Morgan fingerprint density at radius 3 is 2.87 bits per heavy atom. The first-order chi connectivity index (χ1) is 14.6. The molecule has 1 unspecified atom stereocenters. The van der Waals surface area contributed by atoms with Gasteiger partial charge < -0.3 is 14.8 Å². The molecule has 2 N–H and O–H groups in total. The van der Waals surface area contributed by atoms with Crippen LogP contribution in [0.5, 0.6) is 5.75 Å². The van der Waals surface area contributed by atoms with Gasteiger partial charge in [0.15, 0.2) is 5.13 Å². The zero-order valence-electron chi connectivity index (χ0n) is 17.0. The van der Waals surface area contributed by atoms with Crippen LogP contribution in [0.25, 0.3) is 0 Å². The third-order valence-electron chi connectivity index (χ3n) is 5.08. The van der Waals surface area contributed by atoms with Crippen molar-refractivity contribution >= 4 is 34.0 Å². The van der Waals surface area contributed by atoms with Gasteiger partial charge in [0.05, 0.1) is 18.8 Å². The monoisotopic (exact) mass is 430 g/mol. The molecular formula is C21H26N4O4S. The summed E-state index contributed by atoms with van der Waals surface area (Å²) < 4.78 is 10.8. The number of rotatable bonds is 7. The van der Waals surface area contributed by atoms with Gasteiger partial charge in [-0.05, 0) is 44.0 Å². The molecule has 2 aliphatic heterocycles. The molecule has 0 bridgehead atoms. The van der Waals surface area contributed by atoms with Crippen molar-refractivity contribution in [3.05, 3.63) is 34.8 Å². The Hall–Kier alpha value is -2.49. The van der Waals surface area contributed by atoms with E-state index >= 15 is 0 Å². The van der Waals surface area contributed by atoms with Crippen LogP contribution in [0.1, 0.15) is 30.3 Å². The fourth-order valence-electron chi connectivity index (χ4n) is 3.61. The highest BCUT2D eigenvalue weighted by atomic mass is 32.1. The molecule has 1 aromatic heterocycles. The molecule has 2 aromatic rings. The molecule has 1 atom stereocenters. The maximum Gasteiger partial charge on any atom is 0.255 e. The Morgan fingerprint density at radius 2 is 2.13 bits per heavy atom. The number of hydrogen-bond acceptors (Lipinski definition) is 7. The van der Waals surface area contributed by atoms with Crippen LogP contribution in [-0.2, 0) is 27.3 Å². The number of carbonyl (C=O) groups excluding carboxylic acids is 2. The first-order valence-electron chi connectivity index (χ1n) is 10.3. The number of amides is 2. The molecule has 1 saturated heterocycles. The van der Waals surface area contributed by atoms with E-state index in [9.17, 15) is 9.59 Å². The fourth-order valence-corrected chi connectivity index (χ4v) is 4.67. The van der Waals surface area contributed by atoms with Crippen molar-refractivity contribution in [1.82, 2.24) is 9.88 Å². The van der Waals surface area contributed by atoms with Crippen LogP contribution in [0.2, 0.25) is 0 Å². The Balaban J connectivity index is 1.29. The smallest absolute Gasteiger partial charge is 0.255 e.